The van der Waals surface area contributed by atoms with Crippen LogP contribution in [0.15, 0.2) is 42.5 Å². The molecule has 3 rings (SSSR count). The number of carbonyl (C=O) groups is 1. The van der Waals surface area contributed by atoms with Gasteiger partial charge in [0.05, 0.1) is 12.5 Å². The summed E-state index contributed by atoms with van der Waals surface area (Å²) in [5.41, 5.74) is 3.06. The lowest BCUT2D eigenvalue weighted by Crippen LogP contribution is -2.31. The van der Waals surface area contributed by atoms with E-state index in [2.05, 4.69) is 31.2 Å². The Morgan fingerprint density at radius 1 is 1.26 bits per heavy atom. The Labute approximate surface area is 140 Å². The molecule has 0 N–H and O–H groups in total. The first-order valence-electron chi connectivity index (χ1n) is 7.84. The third-order valence-corrected chi connectivity index (χ3v) is 4.74. The van der Waals surface area contributed by atoms with Gasteiger partial charge in [-0.05, 0) is 43.0 Å². The van der Waals surface area contributed by atoms with E-state index in [1.165, 1.54) is 23.3 Å². The Morgan fingerprint density at radius 2 is 2.00 bits per heavy atom. The largest absolute Gasteiger partial charge is 0.335 e. The van der Waals surface area contributed by atoms with Crippen LogP contribution in [0.5, 0.6) is 0 Å². The van der Waals surface area contributed by atoms with Gasteiger partial charge in [-0.3, -0.25) is 4.79 Å². The van der Waals surface area contributed by atoms with Gasteiger partial charge in [-0.25, -0.2) is 4.39 Å². The molecule has 23 heavy (non-hydrogen) atoms. The molecule has 2 nitrogen and oxygen atoms in total. The zero-order valence-electron chi connectivity index (χ0n) is 13.1. The highest BCUT2D eigenvalue weighted by Crippen LogP contribution is 2.33. The molecule has 1 aliphatic rings. The van der Waals surface area contributed by atoms with E-state index in [1.54, 1.807) is 6.07 Å². The molecule has 0 spiro atoms. The number of halogens is 2. The van der Waals surface area contributed by atoms with E-state index in [0.29, 0.717) is 10.6 Å². The standard InChI is InChI=1S/C19H19ClFNO/c1-13-4-6-14(7-5-13)18-3-2-10-22(18)19(23)11-15-8-9-16(21)12-17(15)20/h4-9,12,18H,2-3,10-11H2,1H3. The van der Waals surface area contributed by atoms with Crippen LogP contribution in [0, 0.1) is 12.7 Å². The number of aryl methyl sites for hydroxylation is 1. The molecule has 4 heteroatoms. The summed E-state index contributed by atoms with van der Waals surface area (Å²) in [4.78, 5) is 14.6. The van der Waals surface area contributed by atoms with E-state index >= 15 is 0 Å². The maximum Gasteiger partial charge on any atom is 0.227 e. The molecule has 1 unspecified atom stereocenters. The number of nitrogens with zero attached hydrogens (tertiary/aromatic N) is 1. The SMILES string of the molecule is Cc1ccc(C2CCCN2C(=O)Cc2ccc(F)cc2Cl)cc1. The number of carbonyl (C=O) groups excluding carboxylic acids is 1. The second-order valence-electron chi connectivity index (χ2n) is 6.07. The number of hydrogen-bond acceptors (Lipinski definition) is 1. The first-order valence-corrected chi connectivity index (χ1v) is 8.22. The normalized spacial score (nSPS) is 17.5. The quantitative estimate of drug-likeness (QED) is 0.798. The zero-order valence-corrected chi connectivity index (χ0v) is 13.8. The maximum atomic E-state index is 13.1. The van der Waals surface area contributed by atoms with Crippen LogP contribution in [-0.4, -0.2) is 17.4 Å². The molecule has 2 aromatic rings. The van der Waals surface area contributed by atoms with Gasteiger partial charge in [-0.15, -0.1) is 0 Å². The third kappa shape index (κ3) is 3.56. The average molecular weight is 332 g/mol. The van der Waals surface area contributed by atoms with Crippen molar-refractivity contribution in [3.05, 3.63) is 70.0 Å². The molecule has 1 saturated heterocycles. The molecular weight excluding hydrogens is 313 g/mol. The van der Waals surface area contributed by atoms with Crippen LogP contribution >= 0.6 is 11.6 Å². The predicted molar refractivity (Wildman–Crippen MR) is 90.0 cm³/mol. The average Bonchev–Trinajstić information content (AvgIpc) is 3.00. The highest BCUT2D eigenvalue weighted by atomic mass is 35.5. The number of likely N-dealkylation sites (tertiary alicyclic amines) is 1. The van der Waals surface area contributed by atoms with Crippen molar-refractivity contribution >= 4 is 17.5 Å². The molecule has 0 radical (unpaired) electrons. The minimum atomic E-state index is -0.384. The van der Waals surface area contributed by atoms with Gasteiger partial charge < -0.3 is 4.90 Å². The van der Waals surface area contributed by atoms with E-state index in [1.807, 2.05) is 4.90 Å². The van der Waals surface area contributed by atoms with Crippen LogP contribution in [0.1, 0.15) is 35.6 Å². The Kier molecular flexibility index (Phi) is 4.67. The van der Waals surface area contributed by atoms with Crippen LogP contribution in [0.3, 0.4) is 0 Å². The Hall–Kier alpha value is -1.87. The van der Waals surface area contributed by atoms with Crippen LogP contribution < -0.4 is 0 Å². The minimum absolute atomic E-state index is 0.0431. The molecule has 2 aromatic carbocycles. The summed E-state index contributed by atoms with van der Waals surface area (Å²) < 4.78 is 13.1. The fourth-order valence-corrected chi connectivity index (χ4v) is 3.36. The highest BCUT2D eigenvalue weighted by Gasteiger charge is 2.29. The van der Waals surface area contributed by atoms with Gasteiger partial charge in [0.15, 0.2) is 0 Å². The summed E-state index contributed by atoms with van der Waals surface area (Å²) in [6.45, 7) is 2.81. The molecule has 1 heterocycles. The van der Waals surface area contributed by atoms with Gasteiger partial charge in [0.25, 0.3) is 0 Å². The van der Waals surface area contributed by atoms with Crippen LogP contribution in [0.25, 0.3) is 0 Å². The van der Waals surface area contributed by atoms with Gasteiger partial charge in [-0.1, -0.05) is 47.5 Å². The molecular formula is C19H19ClFNO. The first-order chi connectivity index (χ1) is 11.0. The van der Waals surface area contributed by atoms with E-state index in [-0.39, 0.29) is 24.2 Å². The van der Waals surface area contributed by atoms with Gasteiger partial charge in [-0.2, -0.15) is 0 Å². The number of rotatable bonds is 3. The van der Waals surface area contributed by atoms with Crippen molar-refractivity contribution in [3.63, 3.8) is 0 Å². The fourth-order valence-electron chi connectivity index (χ4n) is 3.13. The molecule has 0 aromatic heterocycles. The van der Waals surface area contributed by atoms with Crippen LogP contribution in [0.4, 0.5) is 4.39 Å². The van der Waals surface area contributed by atoms with E-state index in [9.17, 15) is 9.18 Å². The van der Waals surface area contributed by atoms with E-state index in [4.69, 9.17) is 11.6 Å². The zero-order chi connectivity index (χ0) is 16.4. The van der Waals surface area contributed by atoms with E-state index in [0.717, 1.165) is 19.4 Å². The lowest BCUT2D eigenvalue weighted by atomic mass is 10.0. The second kappa shape index (κ2) is 6.71. The number of amides is 1. The molecule has 1 aliphatic heterocycles. The minimum Gasteiger partial charge on any atom is -0.335 e. The Morgan fingerprint density at radius 3 is 2.70 bits per heavy atom. The van der Waals surface area contributed by atoms with Crippen LogP contribution in [-0.2, 0) is 11.2 Å². The fraction of sp³-hybridized carbons (Fsp3) is 0.316. The molecule has 0 saturated carbocycles. The first kappa shape index (κ1) is 16.0. The van der Waals surface area contributed by atoms with Gasteiger partial charge in [0.1, 0.15) is 5.82 Å². The van der Waals surface area contributed by atoms with E-state index < -0.39 is 0 Å². The van der Waals surface area contributed by atoms with Gasteiger partial charge in [0, 0.05) is 11.6 Å². The van der Waals surface area contributed by atoms with Gasteiger partial charge >= 0.3 is 0 Å². The van der Waals surface area contributed by atoms with Gasteiger partial charge in [0.2, 0.25) is 5.91 Å². The Balaban J connectivity index is 1.76. The summed E-state index contributed by atoms with van der Waals surface area (Å²) >= 11 is 6.04. The lowest BCUT2D eigenvalue weighted by molar-refractivity contribution is -0.131. The molecule has 0 aliphatic carbocycles. The molecule has 120 valence electrons. The molecule has 1 fully saturated rings. The van der Waals surface area contributed by atoms with Crippen molar-refractivity contribution in [2.24, 2.45) is 0 Å². The summed E-state index contributed by atoms with van der Waals surface area (Å²) in [6, 6.07) is 12.7. The molecule has 1 atom stereocenters. The van der Waals surface area contributed by atoms with Crippen molar-refractivity contribution in [2.75, 3.05) is 6.54 Å². The number of hydrogen-bond donors (Lipinski definition) is 0. The highest BCUT2D eigenvalue weighted by molar-refractivity contribution is 6.31. The van der Waals surface area contributed by atoms with Crippen molar-refractivity contribution in [2.45, 2.75) is 32.2 Å². The third-order valence-electron chi connectivity index (χ3n) is 4.39. The summed E-state index contributed by atoms with van der Waals surface area (Å²) in [6.07, 6.45) is 2.19. The monoisotopic (exact) mass is 331 g/mol. The van der Waals surface area contributed by atoms with Crippen molar-refractivity contribution in [1.29, 1.82) is 0 Å². The van der Waals surface area contributed by atoms with Crippen molar-refractivity contribution < 1.29 is 9.18 Å². The predicted octanol–water partition coefficient (Wildman–Crippen LogP) is 4.69. The second-order valence-corrected chi connectivity index (χ2v) is 6.48. The number of benzene rings is 2. The molecule has 1 amide bonds. The lowest BCUT2D eigenvalue weighted by Gasteiger charge is -2.25. The summed E-state index contributed by atoms with van der Waals surface area (Å²) in [5.74, 6) is -0.341. The van der Waals surface area contributed by atoms with Crippen LogP contribution in [0.2, 0.25) is 5.02 Å². The van der Waals surface area contributed by atoms with Crippen molar-refractivity contribution in [1.82, 2.24) is 4.90 Å². The summed E-state index contributed by atoms with van der Waals surface area (Å²) in [5, 5.41) is 0.310. The smallest absolute Gasteiger partial charge is 0.227 e. The molecule has 0 bridgehead atoms. The Bertz CT molecular complexity index is 714. The maximum absolute atomic E-state index is 13.1. The topological polar surface area (TPSA) is 20.3 Å². The summed E-state index contributed by atoms with van der Waals surface area (Å²) in [7, 11) is 0. The van der Waals surface area contributed by atoms with Crippen molar-refractivity contribution in [3.8, 4) is 0 Å².